The largest absolute Gasteiger partial charge is 0.507 e. The SMILES string of the molecule is CCC(C)(C)C(=O)Oc1cccc(O)c1C(C)=O. The number of ether oxygens (including phenoxy) is 1. The molecule has 0 spiro atoms. The minimum atomic E-state index is -0.625. The molecule has 0 aromatic heterocycles. The van der Waals surface area contributed by atoms with Gasteiger partial charge in [0.05, 0.1) is 5.41 Å². The molecule has 0 saturated carbocycles. The second kappa shape index (κ2) is 5.21. The van der Waals surface area contributed by atoms with Gasteiger partial charge in [0.15, 0.2) is 5.78 Å². The summed E-state index contributed by atoms with van der Waals surface area (Å²) < 4.78 is 5.22. The van der Waals surface area contributed by atoms with E-state index in [2.05, 4.69) is 0 Å². The molecule has 0 heterocycles. The van der Waals surface area contributed by atoms with Crippen LogP contribution in [0.25, 0.3) is 0 Å². The summed E-state index contributed by atoms with van der Waals surface area (Å²) in [5, 5.41) is 9.62. The summed E-state index contributed by atoms with van der Waals surface area (Å²) >= 11 is 0. The van der Waals surface area contributed by atoms with Gasteiger partial charge in [0.1, 0.15) is 17.1 Å². The first-order valence-electron chi connectivity index (χ1n) is 5.84. The first-order valence-corrected chi connectivity index (χ1v) is 5.84. The van der Waals surface area contributed by atoms with Gasteiger partial charge in [-0.05, 0) is 39.3 Å². The van der Waals surface area contributed by atoms with Crippen LogP contribution in [0, 0.1) is 5.41 Å². The molecule has 1 N–H and O–H groups in total. The normalized spacial score (nSPS) is 11.1. The Hall–Kier alpha value is -1.84. The van der Waals surface area contributed by atoms with Crippen molar-refractivity contribution >= 4 is 11.8 Å². The Balaban J connectivity index is 3.09. The molecule has 1 aromatic carbocycles. The Morgan fingerprint density at radius 1 is 1.33 bits per heavy atom. The van der Waals surface area contributed by atoms with Crippen LogP contribution in [0.15, 0.2) is 18.2 Å². The summed E-state index contributed by atoms with van der Waals surface area (Å²) in [6.45, 7) is 6.74. The summed E-state index contributed by atoms with van der Waals surface area (Å²) in [5.74, 6) is -0.834. The Labute approximate surface area is 107 Å². The van der Waals surface area contributed by atoms with Gasteiger partial charge in [-0.15, -0.1) is 0 Å². The van der Waals surface area contributed by atoms with E-state index in [0.717, 1.165) is 0 Å². The molecule has 0 atom stereocenters. The lowest BCUT2D eigenvalue weighted by molar-refractivity contribution is -0.144. The molecule has 0 amide bonds. The lowest BCUT2D eigenvalue weighted by Gasteiger charge is -2.21. The number of carbonyl (C=O) groups is 2. The average Bonchev–Trinajstić information content (AvgIpc) is 2.28. The van der Waals surface area contributed by atoms with Gasteiger partial charge in [-0.2, -0.15) is 0 Å². The molecule has 0 bridgehead atoms. The molecule has 98 valence electrons. The molecule has 0 unspecified atom stereocenters. The Bertz CT molecular complexity index is 475. The molecule has 0 saturated heterocycles. The molecule has 0 fully saturated rings. The Kier molecular flexibility index (Phi) is 4.11. The fourth-order valence-corrected chi connectivity index (χ4v) is 1.34. The van der Waals surface area contributed by atoms with Crippen LogP contribution in [0.2, 0.25) is 0 Å². The molecule has 0 aliphatic rings. The summed E-state index contributed by atoms with van der Waals surface area (Å²) in [6.07, 6.45) is 0.625. The van der Waals surface area contributed by atoms with Crippen LogP contribution >= 0.6 is 0 Å². The topological polar surface area (TPSA) is 63.6 Å². The third kappa shape index (κ3) is 2.88. The van der Waals surface area contributed by atoms with Gasteiger partial charge in [-0.1, -0.05) is 13.0 Å². The third-order valence-corrected chi connectivity index (χ3v) is 3.00. The van der Waals surface area contributed by atoms with Gasteiger partial charge in [-0.25, -0.2) is 0 Å². The number of ketones is 1. The number of hydrogen-bond donors (Lipinski definition) is 1. The molecule has 1 aromatic rings. The number of esters is 1. The number of phenolic OH excluding ortho intramolecular Hbond substituents is 1. The maximum Gasteiger partial charge on any atom is 0.316 e. The monoisotopic (exact) mass is 250 g/mol. The predicted molar refractivity (Wildman–Crippen MR) is 67.8 cm³/mol. The fraction of sp³-hybridized carbons (Fsp3) is 0.429. The fourth-order valence-electron chi connectivity index (χ4n) is 1.34. The zero-order valence-corrected chi connectivity index (χ0v) is 11.1. The number of carbonyl (C=O) groups excluding carboxylic acids is 2. The number of phenols is 1. The van der Waals surface area contributed by atoms with Crippen molar-refractivity contribution in [2.24, 2.45) is 5.41 Å². The number of hydrogen-bond acceptors (Lipinski definition) is 4. The van der Waals surface area contributed by atoms with Crippen molar-refractivity contribution in [3.8, 4) is 11.5 Å². The summed E-state index contributed by atoms with van der Waals surface area (Å²) in [5.41, 5.74) is -0.586. The first-order chi connectivity index (χ1) is 8.29. The Morgan fingerprint density at radius 2 is 1.94 bits per heavy atom. The van der Waals surface area contributed by atoms with Crippen LogP contribution in [0.3, 0.4) is 0 Å². The van der Waals surface area contributed by atoms with Crippen molar-refractivity contribution in [1.29, 1.82) is 0 Å². The molecule has 1 rings (SSSR count). The smallest absolute Gasteiger partial charge is 0.316 e. The van der Waals surface area contributed by atoms with Gasteiger partial charge >= 0.3 is 5.97 Å². The second-order valence-corrected chi connectivity index (χ2v) is 4.83. The highest BCUT2D eigenvalue weighted by Crippen LogP contribution is 2.30. The third-order valence-electron chi connectivity index (χ3n) is 3.00. The van der Waals surface area contributed by atoms with E-state index in [1.165, 1.54) is 25.1 Å². The summed E-state index contributed by atoms with van der Waals surface area (Å²) in [6, 6.07) is 4.42. The van der Waals surface area contributed by atoms with Crippen LogP contribution in [-0.4, -0.2) is 16.9 Å². The average molecular weight is 250 g/mol. The minimum Gasteiger partial charge on any atom is -0.507 e. The zero-order valence-electron chi connectivity index (χ0n) is 11.1. The molecular formula is C14H18O4. The van der Waals surface area contributed by atoms with E-state index in [1.807, 2.05) is 6.92 Å². The van der Waals surface area contributed by atoms with Crippen molar-refractivity contribution < 1.29 is 19.4 Å². The van der Waals surface area contributed by atoms with E-state index >= 15 is 0 Å². The molecule has 0 radical (unpaired) electrons. The molecular weight excluding hydrogens is 232 g/mol. The van der Waals surface area contributed by atoms with Crippen molar-refractivity contribution in [1.82, 2.24) is 0 Å². The van der Waals surface area contributed by atoms with E-state index < -0.39 is 11.4 Å². The van der Waals surface area contributed by atoms with Crippen molar-refractivity contribution in [3.05, 3.63) is 23.8 Å². The second-order valence-electron chi connectivity index (χ2n) is 4.83. The summed E-state index contributed by atoms with van der Waals surface area (Å²) in [4.78, 5) is 23.4. The maximum absolute atomic E-state index is 11.9. The molecule has 4 nitrogen and oxygen atoms in total. The number of rotatable bonds is 4. The molecule has 4 heteroatoms. The van der Waals surface area contributed by atoms with E-state index in [0.29, 0.717) is 6.42 Å². The van der Waals surface area contributed by atoms with Gasteiger partial charge in [-0.3, -0.25) is 9.59 Å². The molecule has 18 heavy (non-hydrogen) atoms. The van der Waals surface area contributed by atoms with Gasteiger partial charge in [0, 0.05) is 0 Å². The highest BCUT2D eigenvalue weighted by atomic mass is 16.5. The van der Waals surface area contributed by atoms with E-state index in [4.69, 9.17) is 4.74 Å². The minimum absolute atomic E-state index is 0.0396. The van der Waals surface area contributed by atoms with Crippen molar-refractivity contribution in [2.75, 3.05) is 0 Å². The van der Waals surface area contributed by atoms with Crippen molar-refractivity contribution in [3.63, 3.8) is 0 Å². The van der Waals surface area contributed by atoms with Gasteiger partial charge in [0.25, 0.3) is 0 Å². The maximum atomic E-state index is 11.9. The lowest BCUT2D eigenvalue weighted by Crippen LogP contribution is -2.28. The lowest BCUT2D eigenvalue weighted by atomic mass is 9.90. The van der Waals surface area contributed by atoms with Crippen LogP contribution in [0.4, 0.5) is 0 Å². The standard InChI is InChI=1S/C14H18O4/c1-5-14(3,4)13(17)18-11-8-6-7-10(16)12(11)9(2)15/h6-8,16H,5H2,1-4H3. The zero-order chi connectivity index (χ0) is 13.9. The van der Waals surface area contributed by atoms with Crippen LogP contribution < -0.4 is 4.74 Å². The number of benzene rings is 1. The highest BCUT2D eigenvalue weighted by Gasteiger charge is 2.29. The Morgan fingerprint density at radius 3 is 2.44 bits per heavy atom. The van der Waals surface area contributed by atoms with E-state index in [-0.39, 0.29) is 22.8 Å². The van der Waals surface area contributed by atoms with Crippen LogP contribution in [0.1, 0.15) is 44.5 Å². The molecule has 0 aliphatic heterocycles. The van der Waals surface area contributed by atoms with E-state index in [1.54, 1.807) is 13.8 Å². The van der Waals surface area contributed by atoms with E-state index in [9.17, 15) is 14.7 Å². The van der Waals surface area contributed by atoms with Crippen LogP contribution in [-0.2, 0) is 4.79 Å². The van der Waals surface area contributed by atoms with Gasteiger partial charge in [0.2, 0.25) is 0 Å². The molecule has 0 aliphatic carbocycles. The predicted octanol–water partition coefficient (Wildman–Crippen LogP) is 2.94. The van der Waals surface area contributed by atoms with Crippen LogP contribution in [0.5, 0.6) is 11.5 Å². The van der Waals surface area contributed by atoms with Crippen molar-refractivity contribution in [2.45, 2.75) is 34.1 Å². The summed E-state index contributed by atoms with van der Waals surface area (Å²) in [7, 11) is 0. The highest BCUT2D eigenvalue weighted by molar-refractivity contribution is 6.00. The number of Topliss-reactive ketones (excluding diaryl/α,β-unsaturated/α-hetero) is 1. The van der Waals surface area contributed by atoms with Gasteiger partial charge < -0.3 is 9.84 Å². The first kappa shape index (κ1) is 14.2. The number of aromatic hydroxyl groups is 1. The quantitative estimate of drug-likeness (QED) is 0.507.